The summed E-state index contributed by atoms with van der Waals surface area (Å²) in [5.41, 5.74) is 3.51. The van der Waals surface area contributed by atoms with E-state index >= 15 is 0 Å². The molecular weight excluding hydrogens is 370 g/mol. The molecule has 1 aromatic heterocycles. The molecule has 28 heavy (non-hydrogen) atoms. The average Bonchev–Trinajstić information content (AvgIpc) is 3.13. The van der Waals surface area contributed by atoms with Crippen molar-refractivity contribution in [1.29, 1.82) is 0 Å². The molecule has 0 bridgehead atoms. The average molecular weight is 400 g/mol. The van der Waals surface area contributed by atoms with Crippen LogP contribution in [0.1, 0.15) is 23.6 Å². The highest BCUT2D eigenvalue weighted by molar-refractivity contribution is 7.08. The number of ether oxygens (including phenoxy) is 1. The number of carbonyl (C=O) groups excluding carboxylic acids is 1. The second kappa shape index (κ2) is 8.64. The van der Waals surface area contributed by atoms with Crippen molar-refractivity contribution in [3.05, 3.63) is 51.7 Å². The van der Waals surface area contributed by atoms with Gasteiger partial charge >= 0.3 is 0 Å². The molecule has 2 aliphatic heterocycles. The van der Waals surface area contributed by atoms with E-state index in [2.05, 4.69) is 47.4 Å². The Bertz CT molecular complexity index is 800. The summed E-state index contributed by atoms with van der Waals surface area (Å²) >= 11 is 1.64. The minimum Gasteiger partial charge on any atom is -0.491 e. The minimum atomic E-state index is 0.0691. The van der Waals surface area contributed by atoms with Crippen LogP contribution in [0.3, 0.4) is 0 Å². The SMILES string of the molecule is C[C@H]1COc2ccc(CN3CCN(C)CC3)cc2CN1C(=O)Cc1ccsc1. The van der Waals surface area contributed by atoms with Crippen LogP contribution in [-0.2, 0) is 24.3 Å². The number of amides is 1. The van der Waals surface area contributed by atoms with E-state index in [4.69, 9.17) is 4.74 Å². The van der Waals surface area contributed by atoms with E-state index < -0.39 is 0 Å². The zero-order chi connectivity index (χ0) is 19.5. The van der Waals surface area contributed by atoms with Crippen LogP contribution in [0.15, 0.2) is 35.0 Å². The predicted octanol–water partition coefficient (Wildman–Crippen LogP) is 2.85. The van der Waals surface area contributed by atoms with Crippen molar-refractivity contribution >= 4 is 17.2 Å². The van der Waals surface area contributed by atoms with E-state index in [0.717, 1.165) is 49.6 Å². The molecule has 2 aromatic rings. The van der Waals surface area contributed by atoms with Gasteiger partial charge in [0.2, 0.25) is 5.91 Å². The van der Waals surface area contributed by atoms with Gasteiger partial charge in [-0.15, -0.1) is 0 Å². The molecule has 4 rings (SSSR count). The molecule has 1 amide bonds. The lowest BCUT2D eigenvalue weighted by Crippen LogP contribution is -2.43. The molecule has 6 heteroatoms. The largest absolute Gasteiger partial charge is 0.491 e. The highest BCUT2D eigenvalue weighted by atomic mass is 32.1. The molecule has 2 aliphatic rings. The number of thiophene rings is 1. The van der Waals surface area contributed by atoms with E-state index in [-0.39, 0.29) is 11.9 Å². The first-order valence-electron chi connectivity index (χ1n) is 10.0. The van der Waals surface area contributed by atoms with Crippen molar-refractivity contribution in [2.24, 2.45) is 0 Å². The highest BCUT2D eigenvalue weighted by Gasteiger charge is 2.26. The molecule has 150 valence electrons. The third kappa shape index (κ3) is 4.57. The molecule has 0 saturated carbocycles. The van der Waals surface area contributed by atoms with Gasteiger partial charge in [-0.1, -0.05) is 6.07 Å². The number of hydrogen-bond donors (Lipinski definition) is 0. The maximum atomic E-state index is 12.9. The van der Waals surface area contributed by atoms with Crippen LogP contribution in [0.2, 0.25) is 0 Å². The maximum absolute atomic E-state index is 12.9. The number of nitrogens with zero attached hydrogens (tertiary/aromatic N) is 3. The summed E-state index contributed by atoms with van der Waals surface area (Å²) in [6, 6.07) is 8.59. The van der Waals surface area contributed by atoms with Gasteiger partial charge in [0.25, 0.3) is 0 Å². The van der Waals surface area contributed by atoms with Gasteiger partial charge in [-0.2, -0.15) is 11.3 Å². The molecular formula is C22H29N3O2S. The van der Waals surface area contributed by atoms with Gasteiger partial charge < -0.3 is 14.5 Å². The molecule has 0 aliphatic carbocycles. The van der Waals surface area contributed by atoms with Crippen LogP contribution in [0, 0.1) is 0 Å². The van der Waals surface area contributed by atoms with Crippen LogP contribution >= 0.6 is 11.3 Å². The Kier molecular flexibility index (Phi) is 5.99. The van der Waals surface area contributed by atoms with Gasteiger partial charge in [0.15, 0.2) is 0 Å². The van der Waals surface area contributed by atoms with Gasteiger partial charge in [-0.05, 0) is 54.1 Å². The van der Waals surface area contributed by atoms with Crippen LogP contribution < -0.4 is 4.74 Å². The number of benzene rings is 1. The quantitative estimate of drug-likeness (QED) is 0.792. The van der Waals surface area contributed by atoms with E-state index in [1.165, 1.54) is 5.56 Å². The number of likely N-dealkylation sites (N-methyl/N-ethyl adjacent to an activating group) is 1. The zero-order valence-electron chi connectivity index (χ0n) is 16.8. The maximum Gasteiger partial charge on any atom is 0.227 e. The Morgan fingerprint density at radius 2 is 2.00 bits per heavy atom. The summed E-state index contributed by atoms with van der Waals surface area (Å²) < 4.78 is 6.02. The van der Waals surface area contributed by atoms with Crippen molar-refractivity contribution in [1.82, 2.24) is 14.7 Å². The fourth-order valence-corrected chi connectivity index (χ4v) is 4.57. The van der Waals surface area contributed by atoms with Gasteiger partial charge in [-0.3, -0.25) is 9.69 Å². The Balaban J connectivity index is 1.47. The molecule has 1 saturated heterocycles. The minimum absolute atomic E-state index is 0.0691. The second-order valence-corrected chi connectivity index (χ2v) is 8.79. The number of fused-ring (bicyclic) bond motifs is 1. The zero-order valence-corrected chi connectivity index (χ0v) is 17.6. The van der Waals surface area contributed by atoms with E-state index in [0.29, 0.717) is 19.6 Å². The monoisotopic (exact) mass is 399 g/mol. The first-order valence-corrected chi connectivity index (χ1v) is 11.0. The Morgan fingerprint density at radius 3 is 2.75 bits per heavy atom. The summed E-state index contributed by atoms with van der Waals surface area (Å²) in [5, 5.41) is 4.08. The highest BCUT2D eigenvalue weighted by Crippen LogP contribution is 2.27. The Morgan fingerprint density at radius 1 is 1.18 bits per heavy atom. The van der Waals surface area contributed by atoms with Crippen LogP contribution in [0.25, 0.3) is 0 Å². The van der Waals surface area contributed by atoms with Gasteiger partial charge in [-0.25, -0.2) is 0 Å². The number of hydrogen-bond acceptors (Lipinski definition) is 5. The van der Waals surface area contributed by atoms with Crippen LogP contribution in [0.4, 0.5) is 0 Å². The van der Waals surface area contributed by atoms with E-state index in [9.17, 15) is 4.79 Å². The third-order valence-electron chi connectivity index (χ3n) is 5.74. The molecule has 3 heterocycles. The van der Waals surface area contributed by atoms with Crippen molar-refractivity contribution in [3.8, 4) is 5.75 Å². The summed E-state index contributed by atoms with van der Waals surface area (Å²) in [6.45, 7) is 8.64. The third-order valence-corrected chi connectivity index (χ3v) is 6.47. The van der Waals surface area contributed by atoms with E-state index in [1.54, 1.807) is 11.3 Å². The van der Waals surface area contributed by atoms with Gasteiger partial charge in [0, 0.05) is 44.8 Å². The molecule has 5 nitrogen and oxygen atoms in total. The smallest absolute Gasteiger partial charge is 0.227 e. The fraction of sp³-hybridized carbons (Fsp3) is 0.500. The Labute approximate surface area is 171 Å². The van der Waals surface area contributed by atoms with Crippen molar-refractivity contribution < 1.29 is 9.53 Å². The predicted molar refractivity (Wildman–Crippen MR) is 113 cm³/mol. The summed E-state index contributed by atoms with van der Waals surface area (Å²) in [5.74, 6) is 1.09. The fourth-order valence-electron chi connectivity index (χ4n) is 3.90. The normalized spacial score (nSPS) is 21.1. The lowest BCUT2D eigenvalue weighted by Gasteiger charge is -2.32. The standard InChI is InChI=1S/C22H29N3O2S/c1-17-15-27-21-4-3-18(13-24-8-6-23(2)7-9-24)11-20(21)14-25(17)22(26)12-19-5-10-28-16-19/h3-5,10-11,16-17H,6-9,12-15H2,1-2H3/t17-/m0/s1. The summed E-state index contributed by atoms with van der Waals surface area (Å²) in [6.07, 6.45) is 0.462. The topological polar surface area (TPSA) is 36.0 Å². The van der Waals surface area contributed by atoms with Crippen molar-refractivity contribution in [2.45, 2.75) is 32.5 Å². The Hall–Kier alpha value is -1.89. The molecule has 0 N–H and O–H groups in total. The lowest BCUT2D eigenvalue weighted by molar-refractivity contribution is -0.133. The van der Waals surface area contributed by atoms with Gasteiger partial charge in [0.05, 0.1) is 12.5 Å². The summed E-state index contributed by atoms with van der Waals surface area (Å²) in [7, 11) is 2.18. The van der Waals surface area contributed by atoms with Crippen molar-refractivity contribution in [3.63, 3.8) is 0 Å². The first-order chi connectivity index (χ1) is 13.6. The molecule has 1 atom stereocenters. The van der Waals surface area contributed by atoms with Crippen LogP contribution in [0.5, 0.6) is 5.75 Å². The molecule has 1 fully saturated rings. The number of piperazine rings is 1. The molecule has 0 spiro atoms. The number of rotatable bonds is 4. The summed E-state index contributed by atoms with van der Waals surface area (Å²) in [4.78, 5) is 19.8. The first kappa shape index (κ1) is 19.4. The lowest BCUT2D eigenvalue weighted by atomic mass is 10.1. The molecule has 0 radical (unpaired) electrons. The van der Waals surface area contributed by atoms with Crippen molar-refractivity contribution in [2.75, 3.05) is 39.8 Å². The number of carbonyl (C=O) groups is 1. The molecule has 0 unspecified atom stereocenters. The second-order valence-electron chi connectivity index (χ2n) is 8.01. The van der Waals surface area contributed by atoms with E-state index in [1.807, 2.05) is 16.3 Å². The van der Waals surface area contributed by atoms with Crippen LogP contribution in [-0.4, -0.2) is 66.5 Å². The van der Waals surface area contributed by atoms with Gasteiger partial charge in [0.1, 0.15) is 12.4 Å². The molecule has 1 aromatic carbocycles.